The maximum atomic E-state index is 5.45. The third kappa shape index (κ3) is 6.76. The van der Waals surface area contributed by atoms with E-state index in [1.54, 1.807) is 0 Å². The van der Waals surface area contributed by atoms with Crippen molar-refractivity contribution < 1.29 is 0 Å². The molecule has 0 aliphatic carbocycles. The van der Waals surface area contributed by atoms with Crippen molar-refractivity contribution in [1.82, 2.24) is 24.5 Å². The first kappa shape index (κ1) is 40.0. The molecule has 4 aromatic heterocycles. The molecule has 10 aromatic carbocycles. The molecule has 0 unspecified atom stereocenters. The number of aromatic nitrogens is 5. The summed E-state index contributed by atoms with van der Waals surface area (Å²) in [5.74, 6) is 1.82. The van der Waals surface area contributed by atoms with Crippen molar-refractivity contribution in [3.05, 3.63) is 237 Å². The highest BCUT2D eigenvalue weighted by molar-refractivity contribution is 7.26. The number of fused-ring (bicyclic) bond motifs is 9. The molecular formula is C64H39N5S. The van der Waals surface area contributed by atoms with Crippen molar-refractivity contribution in [3.8, 4) is 73.4 Å². The Morgan fingerprint density at radius 3 is 1.51 bits per heavy atom. The Morgan fingerprint density at radius 2 is 0.814 bits per heavy atom. The minimum absolute atomic E-state index is 0.606. The van der Waals surface area contributed by atoms with Gasteiger partial charge in [-0.2, -0.15) is 0 Å². The van der Waals surface area contributed by atoms with Crippen molar-refractivity contribution in [2.45, 2.75) is 0 Å². The lowest BCUT2D eigenvalue weighted by Gasteiger charge is -2.12. The Balaban J connectivity index is 0.870. The number of pyridine rings is 1. The van der Waals surface area contributed by atoms with Gasteiger partial charge in [0.05, 0.1) is 22.2 Å². The van der Waals surface area contributed by atoms with Gasteiger partial charge in [0, 0.05) is 64.3 Å². The van der Waals surface area contributed by atoms with Crippen LogP contribution < -0.4 is 0 Å². The van der Waals surface area contributed by atoms with Gasteiger partial charge in [0.2, 0.25) is 0 Å². The van der Waals surface area contributed by atoms with Crippen molar-refractivity contribution in [2.75, 3.05) is 0 Å². The average Bonchev–Trinajstić information content (AvgIpc) is 4.00. The Bertz CT molecular complexity index is 4290. The summed E-state index contributed by atoms with van der Waals surface area (Å²) in [6, 6.07) is 83.8. The second-order valence-electron chi connectivity index (χ2n) is 17.8. The van der Waals surface area contributed by atoms with E-state index in [0.717, 1.165) is 72.4 Å². The van der Waals surface area contributed by atoms with Gasteiger partial charge in [0.15, 0.2) is 17.5 Å². The number of benzene rings is 10. The summed E-state index contributed by atoms with van der Waals surface area (Å²) in [5.41, 5.74) is 13.6. The standard InChI is InChI=1S/C64H39N5S/c1-2-14-40(15-3-1)41-28-32-43(33-29-41)62-66-63(68-64(67-62)49-20-13-21-50(37-49)69-56-25-9-6-22-51(56)52-23-7-10-26-57(52)69)44-34-30-42(31-35-44)45-18-12-19-48(36-45)60-59-53-24-8-11-27-58(53)70-61(59)54-38-46-16-4-5-17-47(46)39-55(54)65-60/h1-39H. The predicted octanol–water partition coefficient (Wildman–Crippen LogP) is 17.0. The summed E-state index contributed by atoms with van der Waals surface area (Å²) >= 11 is 1.85. The molecule has 4 heterocycles. The lowest BCUT2D eigenvalue weighted by Crippen LogP contribution is -2.01. The highest BCUT2D eigenvalue weighted by Crippen LogP contribution is 2.44. The van der Waals surface area contributed by atoms with Gasteiger partial charge in [0.1, 0.15) is 0 Å². The van der Waals surface area contributed by atoms with Crippen molar-refractivity contribution in [1.29, 1.82) is 0 Å². The fraction of sp³-hybridized carbons (Fsp3) is 0. The second kappa shape index (κ2) is 16.3. The number of thiophene rings is 1. The van der Waals surface area contributed by atoms with Crippen LogP contribution in [0.25, 0.3) is 137 Å². The lowest BCUT2D eigenvalue weighted by molar-refractivity contribution is 1.07. The van der Waals surface area contributed by atoms with Crippen LogP contribution in [0.4, 0.5) is 0 Å². The molecule has 0 amide bonds. The zero-order chi connectivity index (χ0) is 46.1. The van der Waals surface area contributed by atoms with E-state index >= 15 is 0 Å². The average molecular weight is 910 g/mol. The van der Waals surface area contributed by atoms with Crippen LogP contribution in [-0.4, -0.2) is 24.5 Å². The fourth-order valence-corrected chi connectivity index (χ4v) is 11.4. The summed E-state index contributed by atoms with van der Waals surface area (Å²) < 4.78 is 4.86. The van der Waals surface area contributed by atoms with Gasteiger partial charge < -0.3 is 4.57 Å². The van der Waals surface area contributed by atoms with Crippen LogP contribution in [0, 0.1) is 0 Å². The zero-order valence-corrected chi connectivity index (χ0v) is 38.5. The van der Waals surface area contributed by atoms with Gasteiger partial charge in [0.25, 0.3) is 0 Å². The molecule has 6 heteroatoms. The highest BCUT2D eigenvalue weighted by Gasteiger charge is 2.19. The van der Waals surface area contributed by atoms with Crippen LogP contribution in [0.2, 0.25) is 0 Å². The zero-order valence-electron chi connectivity index (χ0n) is 37.7. The van der Waals surface area contributed by atoms with Crippen LogP contribution in [0.5, 0.6) is 0 Å². The molecule has 0 bridgehead atoms. The topological polar surface area (TPSA) is 56.5 Å². The summed E-state index contributed by atoms with van der Waals surface area (Å²) in [4.78, 5) is 21.0. The Morgan fingerprint density at radius 1 is 0.314 bits per heavy atom. The quantitative estimate of drug-likeness (QED) is 0.150. The molecule has 0 spiro atoms. The molecule has 14 rings (SSSR count). The van der Waals surface area contributed by atoms with Gasteiger partial charge in [-0.05, 0) is 81.6 Å². The SMILES string of the molecule is c1ccc(-c2ccc(-c3nc(-c4ccc(-c5cccc(-c6nc7cc8ccccc8cc7c7sc8ccccc8c67)c5)cc4)nc(-c4cccc(-n5c6ccccc6c6ccccc65)c4)n3)cc2)cc1. The van der Waals surface area contributed by atoms with Gasteiger partial charge in [-0.3, -0.25) is 0 Å². The molecule has 0 N–H and O–H groups in total. The third-order valence-electron chi connectivity index (χ3n) is 13.6. The maximum Gasteiger partial charge on any atom is 0.164 e. The van der Waals surface area contributed by atoms with Gasteiger partial charge >= 0.3 is 0 Å². The number of hydrogen-bond acceptors (Lipinski definition) is 5. The molecule has 0 saturated carbocycles. The van der Waals surface area contributed by atoms with E-state index in [2.05, 4.69) is 235 Å². The van der Waals surface area contributed by atoms with Crippen LogP contribution in [-0.2, 0) is 0 Å². The predicted molar refractivity (Wildman–Crippen MR) is 292 cm³/mol. The van der Waals surface area contributed by atoms with Crippen LogP contribution in [0.3, 0.4) is 0 Å². The minimum atomic E-state index is 0.606. The lowest BCUT2D eigenvalue weighted by atomic mass is 9.97. The number of rotatable bonds is 7. The van der Waals surface area contributed by atoms with Gasteiger partial charge in [-0.1, -0.05) is 188 Å². The molecule has 0 radical (unpaired) electrons. The van der Waals surface area contributed by atoms with E-state index < -0.39 is 0 Å². The highest BCUT2D eigenvalue weighted by atomic mass is 32.1. The van der Waals surface area contributed by atoms with Crippen LogP contribution >= 0.6 is 11.3 Å². The van der Waals surface area contributed by atoms with Crippen LogP contribution in [0.1, 0.15) is 0 Å². The summed E-state index contributed by atoms with van der Waals surface area (Å²) in [6.07, 6.45) is 0. The molecule has 326 valence electrons. The van der Waals surface area contributed by atoms with Crippen LogP contribution in [0.15, 0.2) is 237 Å². The molecule has 0 fully saturated rings. The first-order valence-electron chi connectivity index (χ1n) is 23.5. The van der Waals surface area contributed by atoms with E-state index in [4.69, 9.17) is 19.9 Å². The monoisotopic (exact) mass is 909 g/mol. The number of hydrogen-bond donors (Lipinski definition) is 0. The van der Waals surface area contributed by atoms with Crippen molar-refractivity contribution in [3.63, 3.8) is 0 Å². The number of para-hydroxylation sites is 2. The molecule has 5 nitrogen and oxygen atoms in total. The van der Waals surface area contributed by atoms with E-state index in [-0.39, 0.29) is 0 Å². The molecule has 14 aromatic rings. The minimum Gasteiger partial charge on any atom is -0.309 e. The van der Waals surface area contributed by atoms with Gasteiger partial charge in [-0.25, -0.2) is 19.9 Å². The van der Waals surface area contributed by atoms with E-state index in [1.165, 1.54) is 47.1 Å². The van der Waals surface area contributed by atoms with Crippen molar-refractivity contribution >= 4 is 75.0 Å². The first-order valence-corrected chi connectivity index (χ1v) is 24.3. The summed E-state index contributed by atoms with van der Waals surface area (Å²) in [7, 11) is 0. The Labute approximate surface area is 407 Å². The van der Waals surface area contributed by atoms with E-state index in [9.17, 15) is 0 Å². The normalized spacial score (nSPS) is 11.7. The first-order chi connectivity index (χ1) is 34.7. The van der Waals surface area contributed by atoms with Gasteiger partial charge in [-0.15, -0.1) is 11.3 Å². The molecule has 70 heavy (non-hydrogen) atoms. The summed E-state index contributed by atoms with van der Waals surface area (Å²) in [5, 5.41) is 8.47. The molecule has 0 aliphatic heterocycles. The molecule has 0 saturated heterocycles. The number of nitrogens with zero attached hydrogens (tertiary/aromatic N) is 5. The Kier molecular flexibility index (Phi) is 9.32. The Hall–Kier alpha value is -9.10. The second-order valence-corrected chi connectivity index (χ2v) is 18.9. The molecular weight excluding hydrogens is 871 g/mol. The van der Waals surface area contributed by atoms with Crippen molar-refractivity contribution in [2.24, 2.45) is 0 Å². The van der Waals surface area contributed by atoms with E-state index in [1.807, 2.05) is 17.4 Å². The molecule has 0 aliphatic rings. The fourth-order valence-electron chi connectivity index (χ4n) is 10.2. The van der Waals surface area contributed by atoms with E-state index in [0.29, 0.717) is 17.5 Å². The smallest absolute Gasteiger partial charge is 0.164 e. The summed E-state index contributed by atoms with van der Waals surface area (Å²) in [6.45, 7) is 0. The maximum absolute atomic E-state index is 5.45. The third-order valence-corrected chi connectivity index (χ3v) is 14.8. The molecule has 0 atom stereocenters. The largest absolute Gasteiger partial charge is 0.309 e.